The molecule has 0 spiro atoms. The minimum atomic E-state index is -0.765. The predicted octanol–water partition coefficient (Wildman–Crippen LogP) is 2.25. The summed E-state index contributed by atoms with van der Waals surface area (Å²) in [5.74, 6) is -0.548. The van der Waals surface area contributed by atoms with Gasteiger partial charge in [-0.25, -0.2) is 4.39 Å². The summed E-state index contributed by atoms with van der Waals surface area (Å²) in [5, 5.41) is 10.4. The Bertz CT molecular complexity index is 816. The Hall–Kier alpha value is -2.47. The average Bonchev–Trinajstić information content (AvgIpc) is 3.05. The number of aliphatic hydroxyl groups excluding tert-OH is 1. The molecule has 2 atom stereocenters. The van der Waals surface area contributed by atoms with E-state index in [9.17, 15) is 19.1 Å². The Kier molecular flexibility index (Phi) is 4.99. The van der Waals surface area contributed by atoms with Crippen molar-refractivity contribution in [3.05, 3.63) is 69.9 Å². The van der Waals surface area contributed by atoms with E-state index in [1.165, 1.54) is 22.8 Å². The predicted molar refractivity (Wildman–Crippen MR) is 91.7 cm³/mol. The third-order valence-corrected chi connectivity index (χ3v) is 4.79. The van der Waals surface area contributed by atoms with Crippen molar-refractivity contribution in [3.63, 3.8) is 0 Å². The monoisotopic (exact) mass is 344 g/mol. The van der Waals surface area contributed by atoms with Gasteiger partial charge in [-0.3, -0.25) is 9.59 Å². The van der Waals surface area contributed by atoms with E-state index in [-0.39, 0.29) is 23.3 Å². The summed E-state index contributed by atoms with van der Waals surface area (Å²) in [6, 6.07) is 10.3. The third-order valence-electron chi connectivity index (χ3n) is 4.79. The summed E-state index contributed by atoms with van der Waals surface area (Å²) in [5.41, 5.74) is 0.747. The number of hydrogen-bond donors (Lipinski definition) is 1. The number of hydrogen-bond acceptors (Lipinski definition) is 3. The summed E-state index contributed by atoms with van der Waals surface area (Å²) >= 11 is 0. The van der Waals surface area contributed by atoms with Gasteiger partial charge in [0, 0.05) is 25.7 Å². The number of nitrogens with zero attached hydrogens (tertiary/aromatic N) is 2. The van der Waals surface area contributed by atoms with Crippen LogP contribution in [0.2, 0.25) is 0 Å². The molecule has 1 aliphatic heterocycles. The van der Waals surface area contributed by atoms with Crippen LogP contribution in [0.25, 0.3) is 0 Å². The van der Waals surface area contributed by atoms with E-state index in [4.69, 9.17) is 0 Å². The zero-order valence-corrected chi connectivity index (χ0v) is 14.1. The first-order chi connectivity index (χ1) is 12.0. The molecule has 2 heterocycles. The van der Waals surface area contributed by atoms with Crippen LogP contribution >= 0.6 is 0 Å². The summed E-state index contributed by atoms with van der Waals surface area (Å²) in [6.07, 6.45) is 1.27. The first-order valence-corrected chi connectivity index (χ1v) is 8.38. The molecule has 1 amide bonds. The first kappa shape index (κ1) is 17.4. The summed E-state index contributed by atoms with van der Waals surface area (Å²) < 4.78 is 14.4. The van der Waals surface area contributed by atoms with Crippen molar-refractivity contribution in [3.8, 4) is 0 Å². The van der Waals surface area contributed by atoms with E-state index in [0.29, 0.717) is 24.2 Å². The van der Waals surface area contributed by atoms with Crippen molar-refractivity contribution < 1.29 is 14.3 Å². The molecule has 1 fully saturated rings. The fraction of sp³-hybridized carbons (Fsp3) is 0.368. The normalized spacial score (nSPS) is 18.4. The Morgan fingerprint density at radius 1 is 1.28 bits per heavy atom. The standard InChI is InChI=1S/C19H21FN2O3/c1-21-16(5-2-6-18(21)24)19(25)22-11-3-4-15(22)12-17(23)13-7-9-14(20)10-8-13/h2,5-10,15,17,23H,3-4,11-12H2,1H3. The Balaban J connectivity index is 1.76. The molecular weight excluding hydrogens is 323 g/mol. The molecule has 1 aromatic heterocycles. The number of benzene rings is 1. The van der Waals surface area contributed by atoms with Gasteiger partial charge in [-0.05, 0) is 43.0 Å². The molecule has 5 nitrogen and oxygen atoms in total. The number of aromatic nitrogens is 1. The Labute approximate surface area is 145 Å². The maximum Gasteiger partial charge on any atom is 0.270 e. The zero-order chi connectivity index (χ0) is 18.0. The highest BCUT2D eigenvalue weighted by molar-refractivity contribution is 5.93. The average molecular weight is 344 g/mol. The minimum Gasteiger partial charge on any atom is -0.388 e. The maximum atomic E-state index is 13.0. The van der Waals surface area contributed by atoms with Gasteiger partial charge >= 0.3 is 0 Å². The molecule has 1 saturated heterocycles. The van der Waals surface area contributed by atoms with E-state index in [1.807, 2.05) is 0 Å². The number of aliphatic hydroxyl groups is 1. The lowest BCUT2D eigenvalue weighted by Gasteiger charge is -2.27. The van der Waals surface area contributed by atoms with Gasteiger partial charge in [0.15, 0.2) is 0 Å². The van der Waals surface area contributed by atoms with E-state index < -0.39 is 6.10 Å². The lowest BCUT2D eigenvalue weighted by molar-refractivity contribution is 0.0656. The molecule has 6 heteroatoms. The van der Waals surface area contributed by atoms with Gasteiger partial charge in [0.1, 0.15) is 11.5 Å². The number of pyridine rings is 1. The zero-order valence-electron chi connectivity index (χ0n) is 14.1. The third kappa shape index (κ3) is 3.64. The van der Waals surface area contributed by atoms with E-state index in [0.717, 1.165) is 12.8 Å². The quantitative estimate of drug-likeness (QED) is 0.925. The molecule has 1 aromatic carbocycles. The lowest BCUT2D eigenvalue weighted by Crippen LogP contribution is -2.39. The molecule has 0 radical (unpaired) electrons. The van der Waals surface area contributed by atoms with Crippen molar-refractivity contribution >= 4 is 5.91 Å². The van der Waals surface area contributed by atoms with Gasteiger partial charge in [0.2, 0.25) is 0 Å². The molecule has 1 aliphatic rings. The molecule has 1 N–H and O–H groups in total. The summed E-state index contributed by atoms with van der Waals surface area (Å²) in [4.78, 5) is 26.3. The van der Waals surface area contributed by atoms with E-state index in [2.05, 4.69) is 0 Å². The Morgan fingerprint density at radius 3 is 2.72 bits per heavy atom. The largest absolute Gasteiger partial charge is 0.388 e. The van der Waals surface area contributed by atoms with Gasteiger partial charge in [0.05, 0.1) is 6.10 Å². The van der Waals surface area contributed by atoms with Crippen molar-refractivity contribution in [2.45, 2.75) is 31.4 Å². The van der Waals surface area contributed by atoms with Gasteiger partial charge < -0.3 is 14.6 Å². The SMILES string of the molecule is Cn1c(C(=O)N2CCCC2CC(O)c2ccc(F)cc2)cccc1=O. The molecule has 0 bridgehead atoms. The number of rotatable bonds is 4. The highest BCUT2D eigenvalue weighted by Gasteiger charge is 2.32. The molecular formula is C19H21FN2O3. The smallest absolute Gasteiger partial charge is 0.270 e. The van der Waals surface area contributed by atoms with E-state index in [1.54, 1.807) is 36.2 Å². The van der Waals surface area contributed by atoms with Crippen LogP contribution < -0.4 is 5.56 Å². The molecule has 0 aliphatic carbocycles. The highest BCUT2D eigenvalue weighted by atomic mass is 19.1. The second-order valence-corrected chi connectivity index (χ2v) is 6.41. The fourth-order valence-corrected chi connectivity index (χ4v) is 3.35. The molecule has 2 unspecified atom stereocenters. The summed E-state index contributed by atoms with van der Waals surface area (Å²) in [6.45, 7) is 0.600. The van der Waals surface area contributed by atoms with Crippen LogP contribution in [0.1, 0.15) is 41.4 Å². The van der Waals surface area contributed by atoms with Crippen molar-refractivity contribution in [2.75, 3.05) is 6.54 Å². The number of halogens is 1. The number of likely N-dealkylation sites (tertiary alicyclic amines) is 1. The van der Waals surface area contributed by atoms with Gasteiger partial charge in [-0.2, -0.15) is 0 Å². The second-order valence-electron chi connectivity index (χ2n) is 6.41. The molecule has 25 heavy (non-hydrogen) atoms. The van der Waals surface area contributed by atoms with Crippen LogP contribution in [0.4, 0.5) is 4.39 Å². The lowest BCUT2D eigenvalue weighted by atomic mass is 10.0. The van der Waals surface area contributed by atoms with Crippen molar-refractivity contribution in [1.82, 2.24) is 9.47 Å². The number of carbonyl (C=O) groups excluding carboxylic acids is 1. The van der Waals surface area contributed by atoms with Gasteiger partial charge in [-0.15, -0.1) is 0 Å². The van der Waals surface area contributed by atoms with Crippen LogP contribution in [-0.4, -0.2) is 33.1 Å². The fourth-order valence-electron chi connectivity index (χ4n) is 3.35. The van der Waals surface area contributed by atoms with Gasteiger partial charge in [-0.1, -0.05) is 18.2 Å². The van der Waals surface area contributed by atoms with Crippen molar-refractivity contribution in [1.29, 1.82) is 0 Å². The second kappa shape index (κ2) is 7.19. The maximum absolute atomic E-state index is 13.0. The van der Waals surface area contributed by atoms with Crippen LogP contribution in [0.15, 0.2) is 47.3 Å². The van der Waals surface area contributed by atoms with Crippen molar-refractivity contribution in [2.24, 2.45) is 7.05 Å². The molecule has 3 rings (SSSR count). The first-order valence-electron chi connectivity index (χ1n) is 8.38. The Morgan fingerprint density at radius 2 is 2.00 bits per heavy atom. The molecule has 132 valence electrons. The number of carbonyl (C=O) groups is 1. The van der Waals surface area contributed by atoms with E-state index >= 15 is 0 Å². The van der Waals surface area contributed by atoms with Crippen LogP contribution in [0, 0.1) is 5.82 Å². The van der Waals surface area contributed by atoms with Crippen LogP contribution in [-0.2, 0) is 7.05 Å². The summed E-state index contributed by atoms with van der Waals surface area (Å²) in [7, 11) is 1.58. The highest BCUT2D eigenvalue weighted by Crippen LogP contribution is 2.28. The number of amides is 1. The van der Waals surface area contributed by atoms with Crippen LogP contribution in [0.5, 0.6) is 0 Å². The topological polar surface area (TPSA) is 62.5 Å². The molecule has 2 aromatic rings. The molecule has 0 saturated carbocycles. The van der Waals surface area contributed by atoms with Gasteiger partial charge in [0.25, 0.3) is 11.5 Å². The van der Waals surface area contributed by atoms with Crippen LogP contribution in [0.3, 0.4) is 0 Å². The minimum absolute atomic E-state index is 0.108.